The Hall–Kier alpha value is -2.53. The van der Waals surface area contributed by atoms with Crippen LogP contribution in [-0.2, 0) is 21.5 Å². The van der Waals surface area contributed by atoms with Gasteiger partial charge in [0, 0.05) is 18.6 Å². The maximum atomic E-state index is 13.1. The standard InChI is InChI=1S/C24H31ClN2O3/c1-6-21(23(29)26-5)27(15-17-9-7-8-10-20(17)25)22(28)16-30-19-13-11-18(12-14-19)24(2,3)4/h7-14,21H,6,15-16H2,1-5H3,(H,26,29). The fourth-order valence-electron chi connectivity index (χ4n) is 3.18. The molecule has 2 aromatic carbocycles. The Morgan fingerprint density at radius 3 is 2.27 bits per heavy atom. The van der Waals surface area contributed by atoms with Crippen molar-refractivity contribution in [1.29, 1.82) is 0 Å². The van der Waals surface area contributed by atoms with E-state index in [0.29, 0.717) is 17.2 Å². The molecule has 0 radical (unpaired) electrons. The van der Waals surface area contributed by atoms with Crippen LogP contribution in [0.1, 0.15) is 45.2 Å². The molecule has 0 saturated carbocycles. The van der Waals surface area contributed by atoms with Crippen LogP contribution in [0.5, 0.6) is 5.75 Å². The molecule has 2 aromatic rings. The van der Waals surface area contributed by atoms with Gasteiger partial charge in [-0.1, -0.05) is 69.6 Å². The molecular formula is C24H31ClN2O3. The summed E-state index contributed by atoms with van der Waals surface area (Å²) in [7, 11) is 1.57. The van der Waals surface area contributed by atoms with E-state index >= 15 is 0 Å². The summed E-state index contributed by atoms with van der Waals surface area (Å²) in [5.41, 5.74) is 2.01. The molecule has 5 nitrogen and oxygen atoms in total. The molecule has 1 atom stereocenters. The molecule has 1 N–H and O–H groups in total. The van der Waals surface area contributed by atoms with Crippen molar-refractivity contribution in [2.45, 2.75) is 52.1 Å². The van der Waals surface area contributed by atoms with Gasteiger partial charge >= 0.3 is 0 Å². The molecule has 2 rings (SSSR count). The molecule has 30 heavy (non-hydrogen) atoms. The molecule has 0 bridgehead atoms. The lowest BCUT2D eigenvalue weighted by Gasteiger charge is -2.30. The minimum Gasteiger partial charge on any atom is -0.484 e. The van der Waals surface area contributed by atoms with Gasteiger partial charge in [-0.3, -0.25) is 9.59 Å². The number of rotatable bonds is 8. The molecule has 0 aromatic heterocycles. The summed E-state index contributed by atoms with van der Waals surface area (Å²) in [6.45, 7) is 8.37. The Kier molecular flexibility index (Phi) is 8.30. The van der Waals surface area contributed by atoms with E-state index in [1.54, 1.807) is 13.1 Å². The van der Waals surface area contributed by atoms with E-state index in [2.05, 4.69) is 26.1 Å². The number of benzene rings is 2. The molecule has 2 amide bonds. The molecule has 0 spiro atoms. The average Bonchev–Trinajstić information content (AvgIpc) is 2.72. The highest BCUT2D eigenvalue weighted by molar-refractivity contribution is 6.31. The molecule has 0 fully saturated rings. The third-order valence-corrected chi connectivity index (χ3v) is 5.38. The Bertz CT molecular complexity index is 859. The third-order valence-electron chi connectivity index (χ3n) is 5.01. The van der Waals surface area contributed by atoms with Crippen LogP contribution in [0.15, 0.2) is 48.5 Å². The van der Waals surface area contributed by atoms with Crippen molar-refractivity contribution in [2.24, 2.45) is 0 Å². The van der Waals surface area contributed by atoms with Gasteiger partial charge in [0.15, 0.2) is 6.61 Å². The first-order valence-electron chi connectivity index (χ1n) is 10.1. The van der Waals surface area contributed by atoms with Gasteiger partial charge in [-0.25, -0.2) is 0 Å². The molecular weight excluding hydrogens is 400 g/mol. The first-order chi connectivity index (χ1) is 14.2. The van der Waals surface area contributed by atoms with Crippen LogP contribution in [0.4, 0.5) is 0 Å². The van der Waals surface area contributed by atoms with Crippen LogP contribution in [0.3, 0.4) is 0 Å². The first-order valence-corrected chi connectivity index (χ1v) is 10.5. The van der Waals surface area contributed by atoms with Crippen molar-refractivity contribution in [2.75, 3.05) is 13.7 Å². The fourth-order valence-corrected chi connectivity index (χ4v) is 3.37. The summed E-state index contributed by atoms with van der Waals surface area (Å²) < 4.78 is 5.74. The van der Waals surface area contributed by atoms with Crippen molar-refractivity contribution in [3.63, 3.8) is 0 Å². The van der Waals surface area contributed by atoms with Crippen LogP contribution in [0.2, 0.25) is 5.02 Å². The van der Waals surface area contributed by atoms with Gasteiger partial charge in [-0.15, -0.1) is 0 Å². The van der Waals surface area contributed by atoms with E-state index in [4.69, 9.17) is 16.3 Å². The summed E-state index contributed by atoms with van der Waals surface area (Å²) in [6.07, 6.45) is 0.482. The maximum Gasteiger partial charge on any atom is 0.261 e. The number of halogens is 1. The van der Waals surface area contributed by atoms with Crippen molar-refractivity contribution >= 4 is 23.4 Å². The first kappa shape index (κ1) is 23.7. The summed E-state index contributed by atoms with van der Waals surface area (Å²) in [6, 6.07) is 14.4. The molecule has 6 heteroatoms. The average molecular weight is 431 g/mol. The van der Waals surface area contributed by atoms with E-state index < -0.39 is 6.04 Å². The van der Waals surface area contributed by atoms with Crippen LogP contribution >= 0.6 is 11.6 Å². The number of amides is 2. The van der Waals surface area contributed by atoms with E-state index in [-0.39, 0.29) is 30.4 Å². The predicted octanol–water partition coefficient (Wildman–Crippen LogP) is 4.57. The largest absolute Gasteiger partial charge is 0.484 e. The summed E-state index contributed by atoms with van der Waals surface area (Å²) in [4.78, 5) is 27.0. The van der Waals surface area contributed by atoms with Gasteiger partial charge in [0.25, 0.3) is 5.91 Å². The van der Waals surface area contributed by atoms with Crippen molar-refractivity contribution in [3.05, 3.63) is 64.7 Å². The summed E-state index contributed by atoms with van der Waals surface area (Å²) >= 11 is 6.29. The normalized spacial score (nSPS) is 12.2. The SMILES string of the molecule is CCC(C(=O)NC)N(Cc1ccccc1Cl)C(=O)COc1ccc(C(C)(C)C)cc1. The number of nitrogens with one attached hydrogen (secondary N) is 1. The zero-order valence-electron chi connectivity index (χ0n) is 18.4. The zero-order valence-corrected chi connectivity index (χ0v) is 19.1. The number of hydrogen-bond donors (Lipinski definition) is 1. The monoisotopic (exact) mass is 430 g/mol. The molecule has 0 saturated heterocycles. The molecule has 0 aliphatic rings. The second kappa shape index (κ2) is 10.5. The minimum absolute atomic E-state index is 0.0436. The summed E-state index contributed by atoms with van der Waals surface area (Å²) in [5, 5.41) is 3.20. The highest BCUT2D eigenvalue weighted by Gasteiger charge is 2.28. The van der Waals surface area contributed by atoms with E-state index in [9.17, 15) is 9.59 Å². The van der Waals surface area contributed by atoms with Crippen LogP contribution in [0, 0.1) is 0 Å². The highest BCUT2D eigenvalue weighted by Crippen LogP contribution is 2.24. The smallest absolute Gasteiger partial charge is 0.261 e. The van der Waals surface area contributed by atoms with Gasteiger partial charge in [-0.2, -0.15) is 0 Å². The number of likely N-dealkylation sites (N-methyl/N-ethyl adjacent to an activating group) is 1. The quantitative estimate of drug-likeness (QED) is 0.667. The Balaban J connectivity index is 2.17. The van der Waals surface area contributed by atoms with E-state index in [1.807, 2.05) is 49.4 Å². The Labute approximate surface area is 184 Å². The van der Waals surface area contributed by atoms with E-state index in [0.717, 1.165) is 5.56 Å². The van der Waals surface area contributed by atoms with Crippen LogP contribution in [-0.4, -0.2) is 36.4 Å². The second-order valence-corrected chi connectivity index (χ2v) is 8.62. The molecule has 0 heterocycles. The molecule has 162 valence electrons. The number of carbonyl (C=O) groups excluding carboxylic acids is 2. The number of nitrogens with zero attached hydrogens (tertiary/aromatic N) is 1. The number of hydrogen-bond acceptors (Lipinski definition) is 3. The van der Waals surface area contributed by atoms with Gasteiger partial charge in [0.2, 0.25) is 5.91 Å². The molecule has 1 unspecified atom stereocenters. The topological polar surface area (TPSA) is 58.6 Å². The van der Waals surface area contributed by atoms with Gasteiger partial charge in [0.1, 0.15) is 11.8 Å². The lowest BCUT2D eigenvalue weighted by atomic mass is 9.87. The van der Waals surface area contributed by atoms with Gasteiger partial charge < -0.3 is 15.0 Å². The lowest BCUT2D eigenvalue weighted by Crippen LogP contribution is -2.49. The van der Waals surface area contributed by atoms with Crippen molar-refractivity contribution < 1.29 is 14.3 Å². The zero-order chi connectivity index (χ0) is 22.3. The van der Waals surface area contributed by atoms with Gasteiger partial charge in [0.05, 0.1) is 0 Å². The minimum atomic E-state index is -0.606. The number of carbonyl (C=O) groups is 2. The predicted molar refractivity (Wildman–Crippen MR) is 121 cm³/mol. The Morgan fingerprint density at radius 1 is 1.10 bits per heavy atom. The van der Waals surface area contributed by atoms with Crippen molar-refractivity contribution in [1.82, 2.24) is 10.2 Å². The summed E-state index contributed by atoms with van der Waals surface area (Å²) in [5.74, 6) is 0.125. The lowest BCUT2D eigenvalue weighted by molar-refractivity contribution is -0.142. The maximum absolute atomic E-state index is 13.1. The van der Waals surface area contributed by atoms with Gasteiger partial charge in [-0.05, 0) is 41.2 Å². The highest BCUT2D eigenvalue weighted by atomic mass is 35.5. The van der Waals surface area contributed by atoms with E-state index in [1.165, 1.54) is 10.5 Å². The molecule has 0 aliphatic carbocycles. The second-order valence-electron chi connectivity index (χ2n) is 8.21. The fraction of sp³-hybridized carbons (Fsp3) is 0.417. The number of ether oxygens (including phenoxy) is 1. The molecule has 0 aliphatic heterocycles. The van der Waals surface area contributed by atoms with Crippen molar-refractivity contribution in [3.8, 4) is 5.75 Å². The van der Waals surface area contributed by atoms with Crippen LogP contribution < -0.4 is 10.1 Å². The van der Waals surface area contributed by atoms with Crippen LogP contribution in [0.25, 0.3) is 0 Å². The third kappa shape index (κ3) is 6.23. The Morgan fingerprint density at radius 2 is 1.73 bits per heavy atom.